The number of likely N-dealkylation sites (N-methyl/N-ethyl adjacent to an activating group) is 1. The van der Waals surface area contributed by atoms with Gasteiger partial charge in [-0.3, -0.25) is 10.2 Å². The third kappa shape index (κ3) is 4.30. The Bertz CT molecular complexity index is 652. The summed E-state index contributed by atoms with van der Waals surface area (Å²) in [5.41, 5.74) is 0. The highest BCUT2D eigenvalue weighted by Gasteiger charge is 2.33. The molecule has 2 aromatic rings. The van der Waals surface area contributed by atoms with Crippen molar-refractivity contribution in [2.45, 2.75) is 25.2 Å². The summed E-state index contributed by atoms with van der Waals surface area (Å²) in [5.74, 6) is 0.514. The van der Waals surface area contributed by atoms with Crippen LogP contribution in [0.5, 0.6) is 0 Å². The van der Waals surface area contributed by atoms with E-state index < -0.39 is 6.17 Å². The van der Waals surface area contributed by atoms with Crippen molar-refractivity contribution in [2.75, 3.05) is 25.5 Å². The zero-order chi connectivity index (χ0) is 16.9. The SMILES string of the molecule is CN(C[C@@H]1C[C@H](F)CN1Cc1cccs1)C(=O)Nc1ccccn1. The normalized spacial score (nSPS) is 20.9. The van der Waals surface area contributed by atoms with Crippen molar-refractivity contribution in [1.82, 2.24) is 14.8 Å². The topological polar surface area (TPSA) is 48.5 Å². The summed E-state index contributed by atoms with van der Waals surface area (Å²) < 4.78 is 13.9. The lowest BCUT2D eigenvalue weighted by Gasteiger charge is -2.28. The van der Waals surface area contributed by atoms with Gasteiger partial charge in [0, 0.05) is 43.8 Å². The van der Waals surface area contributed by atoms with Crippen molar-refractivity contribution >= 4 is 23.2 Å². The van der Waals surface area contributed by atoms with Crippen LogP contribution >= 0.6 is 11.3 Å². The molecule has 0 aliphatic carbocycles. The molecule has 0 unspecified atom stereocenters. The van der Waals surface area contributed by atoms with E-state index in [9.17, 15) is 9.18 Å². The number of carbonyl (C=O) groups is 1. The highest BCUT2D eigenvalue weighted by atomic mass is 32.1. The van der Waals surface area contributed by atoms with Crippen LogP contribution in [0, 0.1) is 0 Å². The largest absolute Gasteiger partial charge is 0.326 e. The van der Waals surface area contributed by atoms with E-state index >= 15 is 0 Å². The van der Waals surface area contributed by atoms with Gasteiger partial charge in [-0.25, -0.2) is 14.2 Å². The smallest absolute Gasteiger partial charge is 0.322 e. The van der Waals surface area contributed by atoms with Crippen molar-refractivity contribution in [3.8, 4) is 0 Å². The van der Waals surface area contributed by atoms with Crippen LogP contribution in [0.2, 0.25) is 0 Å². The fourth-order valence-corrected chi connectivity index (χ4v) is 3.68. The van der Waals surface area contributed by atoms with Gasteiger partial charge in [0.2, 0.25) is 0 Å². The van der Waals surface area contributed by atoms with E-state index in [1.807, 2.05) is 17.5 Å². The summed E-state index contributed by atoms with van der Waals surface area (Å²) in [6.45, 7) is 1.65. The molecule has 0 spiro atoms. The fourth-order valence-electron chi connectivity index (χ4n) is 2.95. The first-order chi connectivity index (χ1) is 11.6. The number of halogens is 1. The van der Waals surface area contributed by atoms with Gasteiger partial charge in [-0.05, 0) is 30.0 Å². The summed E-state index contributed by atoms with van der Waals surface area (Å²) in [4.78, 5) is 21.3. The molecule has 0 aromatic carbocycles. The molecule has 2 atom stereocenters. The Morgan fingerprint density at radius 2 is 2.33 bits per heavy atom. The number of nitrogens with zero attached hydrogens (tertiary/aromatic N) is 3. The van der Waals surface area contributed by atoms with E-state index in [4.69, 9.17) is 0 Å². The van der Waals surface area contributed by atoms with Crippen LogP contribution in [0.15, 0.2) is 41.9 Å². The van der Waals surface area contributed by atoms with Gasteiger partial charge in [0.1, 0.15) is 12.0 Å². The Hall–Kier alpha value is -1.99. The predicted molar refractivity (Wildman–Crippen MR) is 93.9 cm³/mol. The molecule has 0 saturated carbocycles. The van der Waals surface area contributed by atoms with Crippen molar-refractivity contribution in [1.29, 1.82) is 0 Å². The van der Waals surface area contributed by atoms with Crippen LogP contribution in [0.25, 0.3) is 0 Å². The van der Waals surface area contributed by atoms with Gasteiger partial charge in [-0.2, -0.15) is 0 Å². The quantitative estimate of drug-likeness (QED) is 0.902. The summed E-state index contributed by atoms with van der Waals surface area (Å²) in [7, 11) is 1.73. The third-order valence-corrected chi connectivity index (χ3v) is 5.01. The molecule has 1 aliphatic rings. The second-order valence-corrected chi connectivity index (χ2v) is 7.05. The number of hydrogen-bond donors (Lipinski definition) is 1. The number of urea groups is 1. The number of rotatable bonds is 5. The number of alkyl halides is 1. The Labute approximate surface area is 145 Å². The molecule has 0 bridgehead atoms. The maximum atomic E-state index is 13.9. The van der Waals surface area contributed by atoms with Crippen LogP contribution in [-0.2, 0) is 6.54 Å². The lowest BCUT2D eigenvalue weighted by Crippen LogP contribution is -2.42. The Balaban J connectivity index is 1.57. The zero-order valence-electron chi connectivity index (χ0n) is 13.6. The zero-order valence-corrected chi connectivity index (χ0v) is 14.4. The molecule has 2 aromatic heterocycles. The molecule has 5 nitrogen and oxygen atoms in total. The maximum Gasteiger partial charge on any atom is 0.322 e. The fraction of sp³-hybridized carbons (Fsp3) is 0.412. The molecule has 24 heavy (non-hydrogen) atoms. The Morgan fingerprint density at radius 1 is 1.46 bits per heavy atom. The van der Waals surface area contributed by atoms with E-state index in [1.54, 1.807) is 41.6 Å². The molecule has 1 N–H and O–H groups in total. The molecular weight excluding hydrogens is 327 g/mol. The number of amides is 2. The second-order valence-electron chi connectivity index (χ2n) is 6.02. The summed E-state index contributed by atoms with van der Waals surface area (Å²) in [6, 6.07) is 9.21. The number of thiophene rings is 1. The highest BCUT2D eigenvalue weighted by Crippen LogP contribution is 2.24. The van der Waals surface area contributed by atoms with Crippen molar-refractivity contribution in [2.24, 2.45) is 0 Å². The highest BCUT2D eigenvalue weighted by molar-refractivity contribution is 7.09. The Morgan fingerprint density at radius 3 is 3.04 bits per heavy atom. The number of hydrogen-bond acceptors (Lipinski definition) is 4. The van der Waals surface area contributed by atoms with Crippen LogP contribution in [0.1, 0.15) is 11.3 Å². The molecule has 1 fully saturated rings. The van der Waals surface area contributed by atoms with Gasteiger partial charge in [-0.1, -0.05) is 12.1 Å². The van der Waals surface area contributed by atoms with E-state index in [-0.39, 0.29) is 12.1 Å². The number of nitrogens with one attached hydrogen (secondary N) is 1. The first-order valence-corrected chi connectivity index (χ1v) is 8.83. The van der Waals surface area contributed by atoms with Gasteiger partial charge in [0.15, 0.2) is 0 Å². The molecule has 0 radical (unpaired) electrons. The lowest BCUT2D eigenvalue weighted by molar-refractivity contribution is 0.183. The lowest BCUT2D eigenvalue weighted by atomic mass is 10.2. The van der Waals surface area contributed by atoms with E-state index in [0.29, 0.717) is 25.3 Å². The summed E-state index contributed by atoms with van der Waals surface area (Å²) in [5, 5.41) is 4.78. The summed E-state index contributed by atoms with van der Waals surface area (Å²) >= 11 is 1.67. The van der Waals surface area contributed by atoms with Crippen LogP contribution < -0.4 is 5.32 Å². The first kappa shape index (κ1) is 16.9. The number of carbonyl (C=O) groups excluding carboxylic acids is 1. The molecule has 128 valence electrons. The third-order valence-electron chi connectivity index (χ3n) is 4.15. The first-order valence-electron chi connectivity index (χ1n) is 7.95. The molecule has 3 heterocycles. The number of likely N-dealkylation sites (tertiary alicyclic amines) is 1. The number of anilines is 1. The number of aromatic nitrogens is 1. The van der Waals surface area contributed by atoms with Crippen LogP contribution in [0.4, 0.5) is 15.0 Å². The second kappa shape index (κ2) is 7.72. The van der Waals surface area contributed by atoms with E-state index in [2.05, 4.69) is 21.3 Å². The summed E-state index contributed by atoms with van der Waals surface area (Å²) in [6.07, 6.45) is 1.26. The van der Waals surface area contributed by atoms with Gasteiger partial charge < -0.3 is 4.90 Å². The minimum atomic E-state index is -0.831. The Kier molecular flexibility index (Phi) is 5.42. The van der Waals surface area contributed by atoms with Crippen LogP contribution in [0.3, 0.4) is 0 Å². The van der Waals surface area contributed by atoms with Crippen molar-refractivity contribution in [3.05, 3.63) is 46.8 Å². The number of pyridine rings is 1. The minimum absolute atomic E-state index is 0.0292. The average Bonchev–Trinajstić information content (AvgIpc) is 3.19. The average molecular weight is 348 g/mol. The molecule has 7 heteroatoms. The van der Waals surface area contributed by atoms with Crippen molar-refractivity contribution in [3.63, 3.8) is 0 Å². The van der Waals surface area contributed by atoms with Crippen molar-refractivity contribution < 1.29 is 9.18 Å². The maximum absolute atomic E-state index is 13.9. The molecule has 3 rings (SSSR count). The predicted octanol–water partition coefficient (Wildman–Crippen LogP) is 3.22. The van der Waals surface area contributed by atoms with E-state index in [1.165, 1.54) is 4.88 Å². The molecular formula is C17H21FN4OS. The van der Waals surface area contributed by atoms with Gasteiger partial charge in [0.25, 0.3) is 0 Å². The standard InChI is InChI=1S/C17H21FN4OS/c1-21(17(23)20-16-6-2-3-7-19-16)11-14-9-13(18)10-22(14)12-15-5-4-8-24-15/h2-8,13-14H,9-12H2,1H3,(H,19,20,23)/t13-,14-/m0/s1. The molecule has 2 amide bonds. The van der Waals surface area contributed by atoms with E-state index in [0.717, 1.165) is 6.54 Å². The van der Waals surface area contributed by atoms with Gasteiger partial charge >= 0.3 is 6.03 Å². The van der Waals surface area contributed by atoms with Gasteiger partial charge in [-0.15, -0.1) is 11.3 Å². The van der Waals surface area contributed by atoms with Crippen LogP contribution in [-0.4, -0.2) is 53.2 Å². The van der Waals surface area contributed by atoms with Gasteiger partial charge in [0.05, 0.1) is 0 Å². The molecule has 1 aliphatic heterocycles. The minimum Gasteiger partial charge on any atom is -0.326 e. The molecule has 1 saturated heterocycles. The monoisotopic (exact) mass is 348 g/mol.